The minimum atomic E-state index is -4.50. The van der Waals surface area contributed by atoms with Crippen LogP contribution in [0.15, 0.2) is 47.4 Å². The average molecular weight is 464 g/mol. The zero-order chi connectivity index (χ0) is 22.9. The number of halogens is 3. The quantitative estimate of drug-likeness (QED) is 0.574. The number of hydrogen-bond donors (Lipinski definition) is 1. The Morgan fingerprint density at radius 2 is 1.81 bits per heavy atom. The molecule has 4 rings (SSSR count). The van der Waals surface area contributed by atoms with Crippen LogP contribution in [0.3, 0.4) is 0 Å². The van der Waals surface area contributed by atoms with Gasteiger partial charge in [0.2, 0.25) is 5.95 Å². The summed E-state index contributed by atoms with van der Waals surface area (Å²) in [6, 6.07) is 10.7. The number of aromatic nitrogens is 3. The first-order valence-electron chi connectivity index (χ1n) is 10.5. The molecule has 3 aromatic rings. The molecule has 0 spiro atoms. The van der Waals surface area contributed by atoms with Crippen molar-refractivity contribution in [3.05, 3.63) is 58.6 Å². The molecular weight excluding hydrogens is 439 g/mol. The monoisotopic (exact) mass is 463 g/mol. The number of anilines is 2. The molecule has 2 aromatic heterocycles. The second-order valence-electron chi connectivity index (χ2n) is 8.03. The Bertz CT molecular complexity index is 1120. The molecule has 3 heterocycles. The molecule has 0 unspecified atom stereocenters. The fraction of sp³-hybridized carbons (Fsp3) is 0.409. The van der Waals surface area contributed by atoms with Crippen molar-refractivity contribution >= 4 is 23.2 Å². The van der Waals surface area contributed by atoms with Gasteiger partial charge in [-0.05, 0) is 38.3 Å². The molecule has 1 aromatic carbocycles. The van der Waals surface area contributed by atoms with Crippen molar-refractivity contribution in [1.29, 1.82) is 0 Å². The van der Waals surface area contributed by atoms with Crippen molar-refractivity contribution in [3.63, 3.8) is 0 Å². The Labute approximate surface area is 187 Å². The lowest BCUT2D eigenvalue weighted by Crippen LogP contribution is -2.40. The van der Waals surface area contributed by atoms with Gasteiger partial charge in [0.25, 0.3) is 5.56 Å². The van der Waals surface area contributed by atoms with Gasteiger partial charge in [0.05, 0.1) is 4.88 Å². The van der Waals surface area contributed by atoms with E-state index >= 15 is 0 Å². The van der Waals surface area contributed by atoms with Gasteiger partial charge in [-0.1, -0.05) is 41.9 Å². The minimum Gasteiger partial charge on any atom is -0.376 e. The summed E-state index contributed by atoms with van der Waals surface area (Å²) in [5, 5.41) is 3.43. The van der Waals surface area contributed by atoms with E-state index in [1.807, 2.05) is 44.2 Å². The number of piperidine rings is 1. The smallest absolute Gasteiger partial charge is 0.376 e. The SMILES string of the molecule is CC(C)n1sc(-c2ccccc2)c(NC2CCN(c3nccc(C(F)(F)F)n3)CC2)c1=O. The third kappa shape index (κ3) is 4.64. The Hall–Kier alpha value is -2.88. The Kier molecular flexibility index (Phi) is 6.23. The third-order valence-corrected chi connectivity index (χ3v) is 6.80. The maximum Gasteiger partial charge on any atom is 0.433 e. The van der Waals surface area contributed by atoms with Gasteiger partial charge >= 0.3 is 6.18 Å². The first-order chi connectivity index (χ1) is 15.2. The molecule has 0 radical (unpaired) electrons. The van der Waals surface area contributed by atoms with Gasteiger partial charge in [-0.15, -0.1) is 0 Å². The van der Waals surface area contributed by atoms with Gasteiger partial charge in [0, 0.05) is 31.4 Å². The van der Waals surface area contributed by atoms with E-state index in [1.165, 1.54) is 11.5 Å². The lowest BCUT2D eigenvalue weighted by Gasteiger charge is -2.32. The van der Waals surface area contributed by atoms with Crippen LogP contribution in [0.5, 0.6) is 0 Å². The highest BCUT2D eigenvalue weighted by atomic mass is 32.1. The van der Waals surface area contributed by atoms with Gasteiger partial charge in [0.1, 0.15) is 11.4 Å². The van der Waals surface area contributed by atoms with E-state index in [-0.39, 0.29) is 23.6 Å². The summed E-state index contributed by atoms with van der Waals surface area (Å²) in [6.07, 6.45) is -2.04. The van der Waals surface area contributed by atoms with Crippen molar-refractivity contribution in [2.45, 2.75) is 44.9 Å². The highest BCUT2D eigenvalue weighted by Crippen LogP contribution is 2.33. The maximum atomic E-state index is 13.1. The van der Waals surface area contributed by atoms with E-state index < -0.39 is 11.9 Å². The number of benzene rings is 1. The third-order valence-electron chi connectivity index (χ3n) is 5.40. The topological polar surface area (TPSA) is 63.1 Å². The molecule has 0 atom stereocenters. The summed E-state index contributed by atoms with van der Waals surface area (Å²) in [6.45, 7) is 4.96. The Balaban J connectivity index is 1.51. The minimum absolute atomic E-state index is 0.0300. The molecule has 0 saturated carbocycles. The maximum absolute atomic E-state index is 13.1. The molecule has 32 heavy (non-hydrogen) atoms. The van der Waals surface area contributed by atoms with Crippen LogP contribution in [0.1, 0.15) is 38.4 Å². The van der Waals surface area contributed by atoms with Gasteiger partial charge < -0.3 is 10.2 Å². The summed E-state index contributed by atoms with van der Waals surface area (Å²) in [5.74, 6) is 0.0842. The summed E-state index contributed by atoms with van der Waals surface area (Å²) in [5.41, 5.74) is 0.574. The van der Waals surface area contributed by atoms with E-state index in [1.54, 1.807) is 8.86 Å². The van der Waals surface area contributed by atoms with Crippen LogP contribution in [-0.2, 0) is 6.18 Å². The molecule has 1 aliphatic heterocycles. The van der Waals surface area contributed by atoms with E-state index in [9.17, 15) is 18.0 Å². The van der Waals surface area contributed by atoms with Gasteiger partial charge in [0.15, 0.2) is 0 Å². The normalized spacial score (nSPS) is 15.4. The van der Waals surface area contributed by atoms with Crippen LogP contribution < -0.4 is 15.8 Å². The van der Waals surface area contributed by atoms with Crippen molar-refractivity contribution in [2.75, 3.05) is 23.3 Å². The highest BCUT2D eigenvalue weighted by molar-refractivity contribution is 7.11. The van der Waals surface area contributed by atoms with Gasteiger partial charge in [-0.2, -0.15) is 13.2 Å². The van der Waals surface area contributed by atoms with E-state index in [0.29, 0.717) is 31.6 Å². The van der Waals surface area contributed by atoms with Crippen LogP contribution in [0.2, 0.25) is 0 Å². The second-order valence-corrected chi connectivity index (χ2v) is 9.02. The molecule has 1 N–H and O–H groups in total. The molecule has 0 amide bonds. The summed E-state index contributed by atoms with van der Waals surface area (Å²) >= 11 is 1.44. The molecule has 170 valence electrons. The highest BCUT2D eigenvalue weighted by Gasteiger charge is 2.33. The van der Waals surface area contributed by atoms with Gasteiger partial charge in [-0.25, -0.2) is 9.97 Å². The number of nitrogens with one attached hydrogen (secondary N) is 1. The largest absolute Gasteiger partial charge is 0.433 e. The standard InChI is InChI=1S/C22H24F3N5OS/c1-14(2)30-20(31)18(19(32-30)15-6-4-3-5-7-15)27-16-9-12-29(13-10-16)21-26-11-8-17(28-21)22(23,24)25/h3-8,11,14,16,27H,9-10,12-13H2,1-2H3. The number of nitrogens with zero attached hydrogens (tertiary/aromatic N) is 4. The first kappa shape index (κ1) is 22.3. The molecule has 1 fully saturated rings. The summed E-state index contributed by atoms with van der Waals surface area (Å²) < 4.78 is 40.7. The van der Waals surface area contributed by atoms with Crippen molar-refractivity contribution in [3.8, 4) is 10.4 Å². The molecule has 6 nitrogen and oxygen atoms in total. The first-order valence-corrected chi connectivity index (χ1v) is 11.2. The van der Waals surface area contributed by atoms with Crippen LogP contribution >= 0.6 is 11.5 Å². The molecule has 0 bridgehead atoms. The molecule has 1 aliphatic rings. The van der Waals surface area contributed by atoms with Crippen molar-refractivity contribution in [2.24, 2.45) is 0 Å². The molecule has 1 saturated heterocycles. The van der Waals surface area contributed by atoms with E-state index in [4.69, 9.17) is 0 Å². The fourth-order valence-electron chi connectivity index (χ4n) is 3.73. The van der Waals surface area contributed by atoms with Crippen LogP contribution in [0, 0.1) is 0 Å². The predicted molar refractivity (Wildman–Crippen MR) is 120 cm³/mol. The van der Waals surface area contributed by atoms with Crippen LogP contribution in [0.4, 0.5) is 24.8 Å². The lowest BCUT2D eigenvalue weighted by molar-refractivity contribution is -0.141. The molecule has 0 aliphatic carbocycles. The zero-order valence-corrected chi connectivity index (χ0v) is 18.6. The summed E-state index contributed by atoms with van der Waals surface area (Å²) in [7, 11) is 0. The van der Waals surface area contributed by atoms with Crippen LogP contribution in [0.25, 0.3) is 10.4 Å². The number of hydrogen-bond acceptors (Lipinski definition) is 6. The second kappa shape index (κ2) is 8.93. The van der Waals surface area contributed by atoms with E-state index in [0.717, 1.165) is 22.7 Å². The van der Waals surface area contributed by atoms with E-state index in [2.05, 4.69) is 15.3 Å². The van der Waals surface area contributed by atoms with Gasteiger partial charge in [-0.3, -0.25) is 8.75 Å². The summed E-state index contributed by atoms with van der Waals surface area (Å²) in [4.78, 5) is 23.4. The van der Waals surface area contributed by atoms with Crippen LogP contribution in [-0.4, -0.2) is 33.1 Å². The molecular formula is C22H24F3N5OS. The Morgan fingerprint density at radius 3 is 2.44 bits per heavy atom. The Morgan fingerprint density at radius 1 is 1.12 bits per heavy atom. The van der Waals surface area contributed by atoms with Crippen molar-refractivity contribution < 1.29 is 13.2 Å². The van der Waals surface area contributed by atoms with Crippen molar-refractivity contribution in [1.82, 2.24) is 13.9 Å². The zero-order valence-electron chi connectivity index (χ0n) is 17.8. The lowest BCUT2D eigenvalue weighted by atomic mass is 10.0. The number of alkyl halides is 3. The average Bonchev–Trinajstić information content (AvgIpc) is 3.11. The predicted octanol–water partition coefficient (Wildman–Crippen LogP) is 5.05. The molecule has 10 heteroatoms. The fourth-order valence-corrected chi connectivity index (χ4v) is 4.79. The number of rotatable bonds is 5.